The fourth-order valence-electron chi connectivity index (χ4n) is 3.29. The molecule has 0 amide bonds. The summed E-state index contributed by atoms with van der Waals surface area (Å²) < 4.78 is 13.5. The maximum atomic E-state index is 13.2. The highest BCUT2D eigenvalue weighted by Gasteiger charge is 2.32. The SMILES string of the molecule is CCOC(=O)CN1N=C(C)C(C)n2c1nc1c2c(=O)n(CC(=O)OCC)c(=O)n1C. The van der Waals surface area contributed by atoms with Gasteiger partial charge in [0.25, 0.3) is 5.56 Å². The van der Waals surface area contributed by atoms with E-state index in [-0.39, 0.29) is 42.9 Å². The highest BCUT2D eigenvalue weighted by atomic mass is 16.5. The quantitative estimate of drug-likeness (QED) is 0.587. The fraction of sp³-hybridized carbons (Fsp3) is 0.556. The van der Waals surface area contributed by atoms with Crippen LogP contribution < -0.4 is 16.3 Å². The molecule has 0 aliphatic carbocycles. The zero-order chi connectivity index (χ0) is 22.2. The Balaban J connectivity index is 2.22. The summed E-state index contributed by atoms with van der Waals surface area (Å²) in [7, 11) is 1.46. The molecule has 0 spiro atoms. The van der Waals surface area contributed by atoms with Crippen LogP contribution in [0.2, 0.25) is 0 Å². The minimum Gasteiger partial charge on any atom is -0.465 e. The van der Waals surface area contributed by atoms with E-state index in [1.54, 1.807) is 25.3 Å². The number of anilines is 1. The molecule has 12 heteroatoms. The second kappa shape index (κ2) is 8.13. The zero-order valence-corrected chi connectivity index (χ0v) is 17.5. The molecule has 0 N–H and O–H groups in total. The number of ether oxygens (including phenoxy) is 2. The van der Waals surface area contributed by atoms with E-state index in [9.17, 15) is 19.2 Å². The lowest BCUT2D eigenvalue weighted by atomic mass is 10.2. The minimum absolute atomic E-state index is 0.130. The number of esters is 2. The largest absolute Gasteiger partial charge is 0.465 e. The molecule has 0 fully saturated rings. The highest BCUT2D eigenvalue weighted by Crippen LogP contribution is 2.29. The van der Waals surface area contributed by atoms with E-state index in [0.29, 0.717) is 5.71 Å². The lowest BCUT2D eigenvalue weighted by Crippen LogP contribution is -2.42. The predicted molar refractivity (Wildman–Crippen MR) is 108 cm³/mol. The number of aromatic nitrogens is 4. The summed E-state index contributed by atoms with van der Waals surface area (Å²) in [5.41, 5.74) is -0.468. The van der Waals surface area contributed by atoms with Crippen LogP contribution in [0.25, 0.3) is 11.2 Å². The number of aryl methyl sites for hydroxylation is 1. The van der Waals surface area contributed by atoms with Crippen molar-refractivity contribution >= 4 is 34.8 Å². The summed E-state index contributed by atoms with van der Waals surface area (Å²) in [6.45, 7) is 6.56. The van der Waals surface area contributed by atoms with Gasteiger partial charge in [-0.3, -0.25) is 23.5 Å². The van der Waals surface area contributed by atoms with Crippen LogP contribution in [0.1, 0.15) is 33.7 Å². The van der Waals surface area contributed by atoms with Crippen LogP contribution in [-0.2, 0) is 32.7 Å². The Hall–Kier alpha value is -3.44. The van der Waals surface area contributed by atoms with Gasteiger partial charge < -0.3 is 9.47 Å². The molecule has 0 saturated heterocycles. The molecule has 0 saturated carbocycles. The van der Waals surface area contributed by atoms with Gasteiger partial charge in [0, 0.05) is 7.05 Å². The molecule has 162 valence electrons. The number of carbonyl (C=O) groups excluding carboxylic acids is 2. The van der Waals surface area contributed by atoms with Crippen LogP contribution in [0, 0.1) is 0 Å². The number of carbonyl (C=O) groups is 2. The maximum Gasteiger partial charge on any atom is 0.333 e. The molecule has 12 nitrogen and oxygen atoms in total. The summed E-state index contributed by atoms with van der Waals surface area (Å²) in [6, 6.07) is -0.357. The molecule has 1 aliphatic heterocycles. The van der Waals surface area contributed by atoms with E-state index in [1.807, 2.05) is 6.92 Å². The summed E-state index contributed by atoms with van der Waals surface area (Å²) >= 11 is 0. The Bertz CT molecular complexity index is 1160. The van der Waals surface area contributed by atoms with E-state index in [0.717, 1.165) is 4.57 Å². The Labute approximate surface area is 171 Å². The lowest BCUT2D eigenvalue weighted by Gasteiger charge is -2.28. The van der Waals surface area contributed by atoms with Gasteiger partial charge in [-0.15, -0.1) is 0 Å². The molecule has 30 heavy (non-hydrogen) atoms. The summed E-state index contributed by atoms with van der Waals surface area (Å²) in [6.07, 6.45) is 0. The first-order valence-corrected chi connectivity index (χ1v) is 9.56. The molecule has 2 aromatic rings. The highest BCUT2D eigenvalue weighted by molar-refractivity contribution is 5.92. The molecule has 0 radical (unpaired) electrons. The summed E-state index contributed by atoms with van der Waals surface area (Å²) in [4.78, 5) is 54.2. The maximum absolute atomic E-state index is 13.2. The van der Waals surface area contributed by atoms with Crippen molar-refractivity contribution in [1.82, 2.24) is 18.7 Å². The first-order chi connectivity index (χ1) is 14.2. The summed E-state index contributed by atoms with van der Waals surface area (Å²) in [5.74, 6) is -0.961. The van der Waals surface area contributed by atoms with Crippen molar-refractivity contribution in [1.29, 1.82) is 0 Å². The Morgan fingerprint density at radius 1 is 1.07 bits per heavy atom. The van der Waals surface area contributed by atoms with Gasteiger partial charge in [0.1, 0.15) is 13.1 Å². The third-order valence-electron chi connectivity index (χ3n) is 4.84. The van der Waals surface area contributed by atoms with Crippen LogP contribution in [0.4, 0.5) is 5.95 Å². The molecular weight excluding hydrogens is 396 g/mol. The van der Waals surface area contributed by atoms with Crippen molar-refractivity contribution in [3.63, 3.8) is 0 Å². The second-order valence-electron chi connectivity index (χ2n) is 6.77. The normalized spacial score (nSPS) is 15.7. The van der Waals surface area contributed by atoms with Crippen molar-refractivity contribution in [3.8, 4) is 0 Å². The van der Waals surface area contributed by atoms with E-state index in [4.69, 9.17) is 9.47 Å². The van der Waals surface area contributed by atoms with Gasteiger partial charge in [0.05, 0.1) is 25.0 Å². The van der Waals surface area contributed by atoms with E-state index >= 15 is 0 Å². The van der Waals surface area contributed by atoms with Crippen LogP contribution >= 0.6 is 0 Å². The van der Waals surface area contributed by atoms with Crippen LogP contribution in [0.3, 0.4) is 0 Å². The number of rotatable bonds is 6. The van der Waals surface area contributed by atoms with Gasteiger partial charge >= 0.3 is 17.6 Å². The van der Waals surface area contributed by atoms with Crippen LogP contribution in [0.15, 0.2) is 14.7 Å². The first-order valence-electron chi connectivity index (χ1n) is 9.56. The number of fused-ring (bicyclic) bond motifs is 3. The second-order valence-corrected chi connectivity index (χ2v) is 6.77. The predicted octanol–water partition coefficient (Wildman–Crippen LogP) is -0.220. The average Bonchev–Trinajstić information content (AvgIpc) is 3.09. The van der Waals surface area contributed by atoms with Crippen LogP contribution in [0.5, 0.6) is 0 Å². The lowest BCUT2D eigenvalue weighted by molar-refractivity contribution is -0.144. The molecular formula is C18H24N6O6. The third-order valence-corrected chi connectivity index (χ3v) is 4.84. The topological polar surface area (TPSA) is 130 Å². The van der Waals surface area contributed by atoms with E-state index in [2.05, 4.69) is 10.1 Å². The minimum atomic E-state index is -0.696. The molecule has 3 rings (SSSR count). The van der Waals surface area contributed by atoms with E-state index < -0.39 is 29.7 Å². The molecule has 3 heterocycles. The molecule has 2 aromatic heterocycles. The van der Waals surface area contributed by atoms with Crippen molar-refractivity contribution in [2.45, 2.75) is 40.3 Å². The molecule has 1 unspecified atom stereocenters. The number of nitrogens with zero attached hydrogens (tertiary/aromatic N) is 6. The third kappa shape index (κ3) is 3.48. The molecule has 1 aliphatic rings. The van der Waals surface area contributed by atoms with E-state index in [1.165, 1.54) is 16.6 Å². The van der Waals surface area contributed by atoms with Crippen molar-refractivity contribution in [2.75, 3.05) is 24.8 Å². The Morgan fingerprint density at radius 3 is 2.27 bits per heavy atom. The Kier molecular flexibility index (Phi) is 5.76. The number of hydrazone groups is 1. The molecule has 0 bridgehead atoms. The van der Waals surface area contributed by atoms with Gasteiger partial charge in [-0.25, -0.2) is 14.4 Å². The fourth-order valence-corrected chi connectivity index (χ4v) is 3.29. The number of imidazole rings is 1. The zero-order valence-electron chi connectivity index (χ0n) is 17.5. The van der Waals surface area contributed by atoms with Crippen molar-refractivity contribution in [2.24, 2.45) is 12.1 Å². The van der Waals surface area contributed by atoms with Gasteiger partial charge in [-0.2, -0.15) is 10.1 Å². The molecule has 0 aromatic carbocycles. The van der Waals surface area contributed by atoms with Gasteiger partial charge in [0.15, 0.2) is 11.2 Å². The standard InChI is InChI=1S/C18H24N6O6/c1-6-29-12(25)8-22-16(27)14-15(21(5)18(22)28)19-17-23(9-13(26)30-7-2)20-10(3)11(4)24(14)17/h11H,6-9H2,1-5H3. The smallest absolute Gasteiger partial charge is 0.333 e. The number of hydrogen-bond acceptors (Lipinski definition) is 9. The average molecular weight is 420 g/mol. The van der Waals surface area contributed by atoms with Gasteiger partial charge in [-0.1, -0.05) is 0 Å². The molecule has 1 atom stereocenters. The van der Waals surface area contributed by atoms with Crippen molar-refractivity contribution < 1.29 is 19.1 Å². The monoisotopic (exact) mass is 420 g/mol. The van der Waals surface area contributed by atoms with Crippen LogP contribution in [-0.4, -0.2) is 56.1 Å². The van der Waals surface area contributed by atoms with Gasteiger partial charge in [0.2, 0.25) is 5.95 Å². The summed E-state index contributed by atoms with van der Waals surface area (Å²) in [5, 5.41) is 5.73. The van der Waals surface area contributed by atoms with Crippen molar-refractivity contribution in [3.05, 3.63) is 20.8 Å². The Morgan fingerprint density at radius 2 is 1.67 bits per heavy atom. The van der Waals surface area contributed by atoms with Gasteiger partial charge in [-0.05, 0) is 27.7 Å². The number of hydrogen-bond donors (Lipinski definition) is 0. The first kappa shape index (κ1) is 21.3.